The maximum absolute atomic E-state index is 13.0. The van der Waals surface area contributed by atoms with E-state index in [2.05, 4.69) is 19.2 Å². The highest BCUT2D eigenvalue weighted by atomic mass is 16.5. The SMILES string of the molecule is COc1ccc(CNC(=O)c2cn(CCC(C)C)c(=O)c3ccccc23)cc1OC. The van der Waals surface area contributed by atoms with Crippen molar-refractivity contribution in [3.63, 3.8) is 0 Å². The molecule has 158 valence electrons. The molecule has 0 radical (unpaired) electrons. The van der Waals surface area contributed by atoms with Gasteiger partial charge in [-0.05, 0) is 36.1 Å². The van der Waals surface area contributed by atoms with E-state index in [9.17, 15) is 9.59 Å². The molecular formula is C24H28N2O4. The molecule has 0 spiro atoms. The van der Waals surface area contributed by atoms with Crippen LogP contribution >= 0.6 is 0 Å². The van der Waals surface area contributed by atoms with Gasteiger partial charge in [0.1, 0.15) is 0 Å². The van der Waals surface area contributed by atoms with Crippen molar-refractivity contribution in [2.24, 2.45) is 5.92 Å². The average Bonchev–Trinajstić information content (AvgIpc) is 2.76. The van der Waals surface area contributed by atoms with Crippen LogP contribution in [0.3, 0.4) is 0 Å². The Morgan fingerprint density at radius 2 is 1.73 bits per heavy atom. The summed E-state index contributed by atoms with van der Waals surface area (Å²) < 4.78 is 12.2. The number of pyridine rings is 1. The van der Waals surface area contributed by atoms with Crippen LogP contribution in [0.2, 0.25) is 0 Å². The number of methoxy groups -OCH3 is 2. The van der Waals surface area contributed by atoms with Gasteiger partial charge in [0.15, 0.2) is 11.5 Å². The van der Waals surface area contributed by atoms with Gasteiger partial charge in [-0.3, -0.25) is 9.59 Å². The van der Waals surface area contributed by atoms with Crippen LogP contribution in [0.5, 0.6) is 11.5 Å². The summed E-state index contributed by atoms with van der Waals surface area (Å²) in [6.07, 6.45) is 2.54. The summed E-state index contributed by atoms with van der Waals surface area (Å²) in [6, 6.07) is 12.8. The van der Waals surface area contributed by atoms with Gasteiger partial charge in [0.05, 0.1) is 19.8 Å². The highest BCUT2D eigenvalue weighted by Crippen LogP contribution is 2.27. The molecule has 0 saturated heterocycles. The molecule has 1 heterocycles. The lowest BCUT2D eigenvalue weighted by atomic mass is 10.1. The quantitative estimate of drug-likeness (QED) is 0.612. The molecule has 3 aromatic rings. The van der Waals surface area contributed by atoms with Crippen molar-refractivity contribution in [2.45, 2.75) is 33.4 Å². The van der Waals surface area contributed by atoms with Gasteiger partial charge in [-0.25, -0.2) is 0 Å². The maximum atomic E-state index is 13.0. The number of ether oxygens (including phenoxy) is 2. The molecule has 0 atom stereocenters. The summed E-state index contributed by atoms with van der Waals surface area (Å²) in [4.78, 5) is 25.9. The summed E-state index contributed by atoms with van der Waals surface area (Å²) in [5, 5.41) is 4.17. The maximum Gasteiger partial charge on any atom is 0.258 e. The number of fused-ring (bicyclic) bond motifs is 1. The van der Waals surface area contributed by atoms with Crippen LogP contribution in [0.4, 0.5) is 0 Å². The summed E-state index contributed by atoms with van der Waals surface area (Å²) >= 11 is 0. The minimum absolute atomic E-state index is 0.0670. The first kappa shape index (κ1) is 21.4. The van der Waals surface area contributed by atoms with E-state index in [0.29, 0.717) is 46.8 Å². The molecular weight excluding hydrogens is 380 g/mol. The van der Waals surface area contributed by atoms with E-state index in [-0.39, 0.29) is 11.5 Å². The standard InChI is InChI=1S/C24H28N2O4/c1-16(2)11-12-26-15-20(18-7-5-6-8-19(18)24(26)28)23(27)25-14-17-9-10-21(29-3)22(13-17)30-4/h5-10,13,15-16H,11-12,14H2,1-4H3,(H,25,27). The number of aromatic nitrogens is 1. The largest absolute Gasteiger partial charge is 0.493 e. The van der Waals surface area contributed by atoms with Crippen molar-refractivity contribution < 1.29 is 14.3 Å². The van der Waals surface area contributed by atoms with Gasteiger partial charge in [0.2, 0.25) is 0 Å². The number of carbonyl (C=O) groups is 1. The van der Waals surface area contributed by atoms with E-state index < -0.39 is 0 Å². The van der Waals surface area contributed by atoms with Crippen LogP contribution in [-0.2, 0) is 13.1 Å². The Morgan fingerprint density at radius 3 is 2.40 bits per heavy atom. The molecule has 6 nitrogen and oxygen atoms in total. The summed E-state index contributed by atoms with van der Waals surface area (Å²) in [5.41, 5.74) is 1.32. The number of benzene rings is 2. The van der Waals surface area contributed by atoms with Gasteiger partial charge >= 0.3 is 0 Å². The number of amides is 1. The Morgan fingerprint density at radius 1 is 1.03 bits per heavy atom. The van der Waals surface area contributed by atoms with Crippen molar-refractivity contribution in [3.8, 4) is 11.5 Å². The van der Waals surface area contributed by atoms with Crippen LogP contribution < -0.4 is 20.3 Å². The van der Waals surface area contributed by atoms with Gasteiger partial charge in [0.25, 0.3) is 11.5 Å². The van der Waals surface area contributed by atoms with Crippen LogP contribution in [0.25, 0.3) is 10.8 Å². The molecule has 2 aromatic carbocycles. The fraction of sp³-hybridized carbons (Fsp3) is 0.333. The Hall–Kier alpha value is -3.28. The Balaban J connectivity index is 1.89. The average molecular weight is 408 g/mol. The van der Waals surface area contributed by atoms with Crippen molar-refractivity contribution in [1.82, 2.24) is 9.88 Å². The zero-order chi connectivity index (χ0) is 21.7. The first-order chi connectivity index (χ1) is 14.4. The zero-order valence-corrected chi connectivity index (χ0v) is 17.9. The second-order valence-electron chi connectivity index (χ2n) is 7.64. The van der Waals surface area contributed by atoms with E-state index in [0.717, 1.165) is 12.0 Å². The zero-order valence-electron chi connectivity index (χ0n) is 17.9. The highest BCUT2D eigenvalue weighted by Gasteiger charge is 2.15. The molecule has 1 amide bonds. The van der Waals surface area contributed by atoms with E-state index >= 15 is 0 Å². The summed E-state index contributed by atoms with van der Waals surface area (Å²) in [7, 11) is 3.16. The highest BCUT2D eigenvalue weighted by molar-refractivity contribution is 6.06. The van der Waals surface area contributed by atoms with Crippen molar-refractivity contribution >= 4 is 16.7 Å². The van der Waals surface area contributed by atoms with Crippen molar-refractivity contribution in [1.29, 1.82) is 0 Å². The Kier molecular flexibility index (Phi) is 6.77. The lowest BCUT2D eigenvalue weighted by molar-refractivity contribution is 0.0951. The van der Waals surface area contributed by atoms with Crippen LogP contribution in [0, 0.1) is 5.92 Å². The fourth-order valence-electron chi connectivity index (χ4n) is 3.36. The molecule has 1 aromatic heterocycles. The third kappa shape index (κ3) is 4.64. The number of aryl methyl sites for hydroxylation is 1. The Labute approximate surface area is 176 Å². The van der Waals surface area contributed by atoms with Crippen LogP contribution in [0.15, 0.2) is 53.5 Å². The smallest absolute Gasteiger partial charge is 0.258 e. The number of nitrogens with zero attached hydrogens (tertiary/aromatic N) is 1. The molecule has 30 heavy (non-hydrogen) atoms. The van der Waals surface area contributed by atoms with E-state index in [4.69, 9.17) is 9.47 Å². The minimum atomic E-state index is -0.223. The molecule has 0 aliphatic carbocycles. The van der Waals surface area contributed by atoms with E-state index in [1.165, 1.54) is 0 Å². The molecule has 3 rings (SSSR count). The predicted molar refractivity (Wildman–Crippen MR) is 118 cm³/mol. The van der Waals surface area contributed by atoms with Gasteiger partial charge in [-0.1, -0.05) is 38.1 Å². The van der Waals surface area contributed by atoms with Crippen molar-refractivity contribution in [2.75, 3.05) is 14.2 Å². The predicted octanol–water partition coefficient (Wildman–Crippen LogP) is 3.99. The normalized spacial score (nSPS) is 11.0. The molecule has 6 heteroatoms. The minimum Gasteiger partial charge on any atom is -0.493 e. The van der Waals surface area contributed by atoms with Crippen molar-refractivity contribution in [3.05, 3.63) is 70.1 Å². The lowest BCUT2D eigenvalue weighted by Crippen LogP contribution is -2.27. The number of hydrogen-bond acceptors (Lipinski definition) is 4. The lowest BCUT2D eigenvalue weighted by Gasteiger charge is -2.14. The van der Waals surface area contributed by atoms with Gasteiger partial charge in [0, 0.05) is 30.1 Å². The number of hydrogen-bond donors (Lipinski definition) is 1. The Bertz CT molecular complexity index is 1100. The molecule has 0 unspecified atom stereocenters. The molecule has 0 aliphatic heterocycles. The molecule has 1 N–H and O–H groups in total. The first-order valence-corrected chi connectivity index (χ1v) is 10.1. The van der Waals surface area contributed by atoms with Crippen LogP contribution in [0.1, 0.15) is 36.2 Å². The summed E-state index contributed by atoms with van der Waals surface area (Å²) in [6.45, 7) is 5.14. The van der Waals surface area contributed by atoms with E-state index in [1.807, 2.05) is 36.4 Å². The third-order valence-electron chi connectivity index (χ3n) is 5.09. The topological polar surface area (TPSA) is 69.6 Å². The number of nitrogens with one attached hydrogen (secondary N) is 1. The number of carbonyl (C=O) groups excluding carboxylic acids is 1. The van der Waals surface area contributed by atoms with Gasteiger partial charge < -0.3 is 19.4 Å². The number of rotatable bonds is 8. The van der Waals surface area contributed by atoms with Gasteiger partial charge in [-0.2, -0.15) is 0 Å². The first-order valence-electron chi connectivity index (χ1n) is 10.1. The van der Waals surface area contributed by atoms with Gasteiger partial charge in [-0.15, -0.1) is 0 Å². The second-order valence-corrected chi connectivity index (χ2v) is 7.64. The molecule has 0 aliphatic rings. The second kappa shape index (κ2) is 9.48. The van der Waals surface area contributed by atoms with Crippen LogP contribution in [-0.4, -0.2) is 24.7 Å². The molecule has 0 saturated carbocycles. The molecule has 0 fully saturated rings. The third-order valence-corrected chi connectivity index (χ3v) is 5.09. The summed E-state index contributed by atoms with van der Waals surface area (Å²) in [5.74, 6) is 1.48. The molecule has 0 bridgehead atoms. The van der Waals surface area contributed by atoms with E-state index in [1.54, 1.807) is 31.0 Å². The fourth-order valence-corrected chi connectivity index (χ4v) is 3.36. The monoisotopic (exact) mass is 408 g/mol.